The second-order valence-corrected chi connectivity index (χ2v) is 9.57. The molecule has 0 radical (unpaired) electrons. The van der Waals surface area contributed by atoms with Gasteiger partial charge in [0.05, 0.1) is 18.6 Å². The summed E-state index contributed by atoms with van der Waals surface area (Å²) in [6, 6.07) is 18.7. The number of ether oxygens (including phenoxy) is 1. The summed E-state index contributed by atoms with van der Waals surface area (Å²) in [5.74, 6) is -1.52. The van der Waals surface area contributed by atoms with E-state index < -0.39 is 17.8 Å². The Bertz CT molecular complexity index is 1480. The van der Waals surface area contributed by atoms with Gasteiger partial charge < -0.3 is 19.5 Å². The van der Waals surface area contributed by atoms with Crippen molar-refractivity contribution in [2.45, 2.75) is 18.5 Å². The van der Waals surface area contributed by atoms with Crippen LogP contribution in [0.4, 0.5) is 4.39 Å². The van der Waals surface area contributed by atoms with E-state index in [1.807, 2.05) is 54.2 Å². The van der Waals surface area contributed by atoms with Gasteiger partial charge in [0, 0.05) is 60.5 Å². The van der Waals surface area contributed by atoms with Crippen molar-refractivity contribution < 1.29 is 18.7 Å². The van der Waals surface area contributed by atoms with Gasteiger partial charge in [0.25, 0.3) is 5.91 Å². The Balaban J connectivity index is 1.62. The van der Waals surface area contributed by atoms with Crippen molar-refractivity contribution in [3.63, 3.8) is 0 Å². The van der Waals surface area contributed by atoms with E-state index in [4.69, 9.17) is 16.3 Å². The minimum atomic E-state index is -0.684. The SMILES string of the molecule is COCCN1C(=O)c2ccccc2C(C(=O)NCc2ccc(F)cc2Cl)C1c1cn(C)c2ccccc12. The summed E-state index contributed by atoms with van der Waals surface area (Å²) in [4.78, 5) is 29.5. The maximum atomic E-state index is 14.0. The number of aromatic nitrogens is 1. The molecule has 2 amide bonds. The molecule has 1 aliphatic rings. The summed E-state index contributed by atoms with van der Waals surface area (Å²) in [6.07, 6.45) is 1.99. The third-order valence-corrected chi connectivity index (χ3v) is 7.32. The van der Waals surface area contributed by atoms with E-state index in [0.717, 1.165) is 16.5 Å². The van der Waals surface area contributed by atoms with Crippen LogP contribution in [0.5, 0.6) is 0 Å². The number of hydrogen-bond acceptors (Lipinski definition) is 3. The lowest BCUT2D eigenvalue weighted by atomic mass is 9.79. The zero-order chi connectivity index (χ0) is 26.1. The van der Waals surface area contributed by atoms with Gasteiger partial charge in [-0.2, -0.15) is 0 Å². The lowest BCUT2D eigenvalue weighted by Crippen LogP contribution is -2.48. The molecule has 0 bridgehead atoms. The number of rotatable bonds is 7. The number of aryl methyl sites for hydroxylation is 1. The van der Waals surface area contributed by atoms with E-state index in [1.165, 1.54) is 12.1 Å². The molecule has 5 rings (SSSR count). The van der Waals surface area contributed by atoms with Gasteiger partial charge in [-0.15, -0.1) is 0 Å². The maximum absolute atomic E-state index is 14.0. The van der Waals surface area contributed by atoms with E-state index in [2.05, 4.69) is 5.32 Å². The Kier molecular flexibility index (Phi) is 7.00. The maximum Gasteiger partial charge on any atom is 0.254 e. The first kappa shape index (κ1) is 25.0. The number of amides is 2. The lowest BCUT2D eigenvalue weighted by molar-refractivity contribution is -0.124. The standard InChI is InChI=1S/C29H27ClFN3O3/c1-33-17-23(20-7-5-6-10-25(20)33)27-26(28(35)32-16-18-11-12-19(31)15-24(18)30)21-8-3-4-9-22(21)29(36)34(27)13-14-37-2/h3-12,15,17,26-27H,13-14,16H2,1-2H3,(H,32,35). The molecule has 2 unspecified atom stereocenters. The van der Waals surface area contributed by atoms with E-state index in [-0.39, 0.29) is 23.4 Å². The van der Waals surface area contributed by atoms with Crippen LogP contribution in [0.3, 0.4) is 0 Å². The molecular weight excluding hydrogens is 493 g/mol. The highest BCUT2D eigenvalue weighted by molar-refractivity contribution is 6.31. The van der Waals surface area contributed by atoms with Gasteiger partial charge >= 0.3 is 0 Å². The fourth-order valence-corrected chi connectivity index (χ4v) is 5.46. The molecule has 1 aromatic heterocycles. The number of nitrogens with one attached hydrogen (secondary N) is 1. The van der Waals surface area contributed by atoms with Gasteiger partial charge in [-0.3, -0.25) is 9.59 Å². The molecule has 0 spiro atoms. The smallest absolute Gasteiger partial charge is 0.254 e. The van der Waals surface area contributed by atoms with Gasteiger partial charge in [-0.1, -0.05) is 54.1 Å². The van der Waals surface area contributed by atoms with Crippen molar-refractivity contribution in [2.24, 2.45) is 7.05 Å². The quantitative estimate of drug-likeness (QED) is 0.364. The molecule has 190 valence electrons. The first-order valence-corrected chi connectivity index (χ1v) is 12.4. The average Bonchev–Trinajstić information content (AvgIpc) is 3.23. The van der Waals surface area contributed by atoms with Crippen molar-refractivity contribution in [1.29, 1.82) is 0 Å². The first-order chi connectivity index (χ1) is 17.9. The number of para-hydroxylation sites is 1. The fourth-order valence-electron chi connectivity index (χ4n) is 5.22. The van der Waals surface area contributed by atoms with Crippen LogP contribution in [0.2, 0.25) is 5.02 Å². The molecule has 0 aliphatic carbocycles. The Morgan fingerprint density at radius 2 is 1.84 bits per heavy atom. The highest BCUT2D eigenvalue weighted by atomic mass is 35.5. The van der Waals surface area contributed by atoms with Crippen LogP contribution in [0.15, 0.2) is 72.9 Å². The predicted octanol–water partition coefficient (Wildman–Crippen LogP) is 5.21. The monoisotopic (exact) mass is 519 g/mol. The Morgan fingerprint density at radius 1 is 1.08 bits per heavy atom. The zero-order valence-corrected chi connectivity index (χ0v) is 21.3. The Labute approximate surface area is 219 Å². The number of carbonyl (C=O) groups is 2. The molecule has 8 heteroatoms. The summed E-state index contributed by atoms with van der Waals surface area (Å²) in [7, 11) is 3.54. The van der Waals surface area contributed by atoms with Crippen molar-refractivity contribution in [3.05, 3.63) is 106 Å². The molecule has 3 aromatic carbocycles. The summed E-state index contributed by atoms with van der Waals surface area (Å²) in [6.45, 7) is 0.782. The van der Waals surface area contributed by atoms with Crippen molar-refractivity contribution in [1.82, 2.24) is 14.8 Å². The van der Waals surface area contributed by atoms with Gasteiger partial charge in [0.1, 0.15) is 5.82 Å². The van der Waals surface area contributed by atoms with Crippen LogP contribution in [-0.4, -0.2) is 41.5 Å². The molecule has 1 aliphatic heterocycles. The van der Waals surface area contributed by atoms with Crippen molar-refractivity contribution >= 4 is 34.3 Å². The van der Waals surface area contributed by atoms with E-state index in [0.29, 0.717) is 29.8 Å². The molecule has 0 saturated heterocycles. The number of nitrogens with zero attached hydrogens (tertiary/aromatic N) is 2. The van der Waals surface area contributed by atoms with E-state index >= 15 is 0 Å². The van der Waals surface area contributed by atoms with Crippen molar-refractivity contribution in [3.8, 4) is 0 Å². The molecule has 2 heterocycles. The molecule has 6 nitrogen and oxygen atoms in total. The summed E-state index contributed by atoms with van der Waals surface area (Å²) in [5.41, 5.74) is 3.66. The topological polar surface area (TPSA) is 63.6 Å². The Hall–Kier alpha value is -3.68. The number of fused-ring (bicyclic) bond motifs is 2. The van der Waals surface area contributed by atoms with Gasteiger partial charge in [0.15, 0.2) is 0 Å². The summed E-state index contributed by atoms with van der Waals surface area (Å²) >= 11 is 6.21. The van der Waals surface area contributed by atoms with Gasteiger partial charge in [-0.25, -0.2) is 4.39 Å². The summed E-state index contributed by atoms with van der Waals surface area (Å²) < 4.78 is 20.9. The van der Waals surface area contributed by atoms with Crippen LogP contribution in [0.1, 0.15) is 39.0 Å². The summed E-state index contributed by atoms with van der Waals surface area (Å²) in [5, 5.41) is 4.21. The highest BCUT2D eigenvalue weighted by Gasteiger charge is 2.44. The molecule has 0 saturated carbocycles. The normalized spacial score (nSPS) is 17.2. The van der Waals surface area contributed by atoms with E-state index in [1.54, 1.807) is 30.2 Å². The fraction of sp³-hybridized carbons (Fsp3) is 0.241. The zero-order valence-electron chi connectivity index (χ0n) is 20.6. The third kappa shape index (κ3) is 4.61. The molecule has 37 heavy (non-hydrogen) atoms. The molecule has 2 atom stereocenters. The number of methoxy groups -OCH3 is 1. The van der Waals surface area contributed by atoms with Gasteiger partial charge in [0.2, 0.25) is 5.91 Å². The van der Waals surface area contributed by atoms with E-state index in [9.17, 15) is 14.0 Å². The predicted molar refractivity (Wildman–Crippen MR) is 141 cm³/mol. The first-order valence-electron chi connectivity index (χ1n) is 12.0. The van der Waals surface area contributed by atoms with Crippen molar-refractivity contribution in [2.75, 3.05) is 20.3 Å². The third-order valence-electron chi connectivity index (χ3n) is 6.97. The molecule has 4 aromatic rings. The molecule has 1 N–H and O–H groups in total. The number of halogens is 2. The largest absolute Gasteiger partial charge is 0.383 e. The second kappa shape index (κ2) is 10.4. The molecular formula is C29H27ClFN3O3. The average molecular weight is 520 g/mol. The Morgan fingerprint density at radius 3 is 2.62 bits per heavy atom. The second-order valence-electron chi connectivity index (χ2n) is 9.17. The number of carbonyl (C=O) groups excluding carboxylic acids is 2. The lowest BCUT2D eigenvalue weighted by Gasteiger charge is -2.41. The van der Waals surface area contributed by atoms with Crippen LogP contribution in [0, 0.1) is 5.82 Å². The van der Waals surface area contributed by atoms with Crippen LogP contribution in [0.25, 0.3) is 10.9 Å². The minimum absolute atomic E-state index is 0.130. The van der Waals surface area contributed by atoms with Crippen LogP contribution < -0.4 is 5.32 Å². The number of benzene rings is 3. The number of hydrogen-bond donors (Lipinski definition) is 1. The minimum Gasteiger partial charge on any atom is -0.383 e. The van der Waals surface area contributed by atoms with Crippen LogP contribution >= 0.6 is 11.6 Å². The highest BCUT2D eigenvalue weighted by Crippen LogP contribution is 2.45. The molecule has 0 fully saturated rings. The van der Waals surface area contributed by atoms with Crippen LogP contribution in [-0.2, 0) is 23.1 Å². The van der Waals surface area contributed by atoms with Gasteiger partial charge in [-0.05, 0) is 35.4 Å².